The van der Waals surface area contributed by atoms with E-state index < -0.39 is 16.8 Å². The number of fused-ring (bicyclic) bond motifs is 2. The number of rotatable bonds is 14. The number of nitriles is 1. The number of hydrogen-bond donors (Lipinski definition) is 2. The minimum atomic E-state index is -0.932. The van der Waals surface area contributed by atoms with Gasteiger partial charge in [0.1, 0.15) is 12.2 Å². The van der Waals surface area contributed by atoms with E-state index in [1.807, 2.05) is 115 Å². The number of anilines is 1. The standard InChI is InChI=1S/C49H42BrClFN3O3/c1-48(32-37-18-19-38(50)28-42(37)52)40-14-8-9-15-43(40)54(25-24-47(57)58)45(48)22-16-36(33-53)17-23-46-49(30-34-10-4-2-5-11-34,31-35-12-6-3-7-13-35)41-29-39(51)20-21-44(41)55(46)26-27-56/h2-23,28-29,56H,24-27,30-32H2,1H3/p+1. The molecule has 0 radical (unpaired) electrons. The van der Waals surface area contributed by atoms with Crippen molar-refractivity contribution in [2.24, 2.45) is 0 Å². The van der Waals surface area contributed by atoms with Crippen molar-refractivity contribution in [1.29, 1.82) is 5.26 Å². The van der Waals surface area contributed by atoms with E-state index in [9.17, 15) is 20.3 Å². The van der Waals surface area contributed by atoms with Crippen molar-refractivity contribution in [1.82, 2.24) is 0 Å². The van der Waals surface area contributed by atoms with Crippen molar-refractivity contribution in [3.8, 4) is 6.07 Å². The molecule has 2 aliphatic rings. The van der Waals surface area contributed by atoms with E-state index >= 15 is 4.39 Å². The second-order valence-electron chi connectivity index (χ2n) is 15.0. The summed E-state index contributed by atoms with van der Waals surface area (Å²) in [7, 11) is 0. The van der Waals surface area contributed by atoms with Crippen LogP contribution >= 0.6 is 27.5 Å². The third-order valence-corrected chi connectivity index (χ3v) is 12.0. The molecule has 2 aliphatic heterocycles. The summed E-state index contributed by atoms with van der Waals surface area (Å²) < 4.78 is 18.1. The Morgan fingerprint density at radius 1 is 0.914 bits per heavy atom. The smallest absolute Gasteiger partial charge is 0.309 e. The first-order valence-electron chi connectivity index (χ1n) is 19.2. The van der Waals surface area contributed by atoms with Gasteiger partial charge in [-0.25, -0.2) is 4.39 Å². The van der Waals surface area contributed by atoms with Gasteiger partial charge < -0.3 is 15.1 Å². The molecule has 5 aromatic rings. The molecule has 7 rings (SSSR count). The maximum atomic E-state index is 15.5. The van der Waals surface area contributed by atoms with Gasteiger partial charge in [0.25, 0.3) is 0 Å². The quantitative estimate of drug-likeness (QED) is 0.0660. The van der Waals surface area contributed by atoms with Crippen LogP contribution in [0.5, 0.6) is 0 Å². The highest BCUT2D eigenvalue weighted by Gasteiger charge is 2.49. The minimum absolute atomic E-state index is 0.0938. The SMILES string of the molecule is CC1(Cc2ccc(Br)cc2F)C(/C=C/C(C#N)=C/C=C2/N(CCO)c3ccc(Cl)cc3C2(Cc2ccccc2)Cc2ccccc2)=[N+](CCC(=O)O)c2ccccc21. The monoisotopic (exact) mass is 854 g/mol. The van der Waals surface area contributed by atoms with Crippen molar-refractivity contribution < 1.29 is 24.0 Å². The van der Waals surface area contributed by atoms with Crippen LogP contribution in [0.4, 0.5) is 15.8 Å². The lowest BCUT2D eigenvalue weighted by Gasteiger charge is -2.34. The van der Waals surface area contributed by atoms with E-state index in [0.717, 1.165) is 45.0 Å². The van der Waals surface area contributed by atoms with Crippen LogP contribution in [0, 0.1) is 17.1 Å². The van der Waals surface area contributed by atoms with Gasteiger partial charge in [0.2, 0.25) is 5.69 Å². The second kappa shape index (κ2) is 17.5. The Hall–Kier alpha value is -5.59. The van der Waals surface area contributed by atoms with E-state index in [1.54, 1.807) is 12.1 Å². The number of benzene rings is 5. The first-order valence-corrected chi connectivity index (χ1v) is 20.4. The molecule has 6 nitrogen and oxygen atoms in total. The van der Waals surface area contributed by atoms with Gasteiger partial charge in [-0.3, -0.25) is 4.79 Å². The molecule has 2 N–H and O–H groups in total. The second-order valence-corrected chi connectivity index (χ2v) is 16.4. The normalized spacial score (nSPS) is 17.8. The van der Waals surface area contributed by atoms with Crippen LogP contribution in [0.1, 0.15) is 41.2 Å². The summed E-state index contributed by atoms with van der Waals surface area (Å²) in [6, 6.07) is 41.7. The number of aliphatic carboxylic acids is 1. The Kier molecular flexibility index (Phi) is 12.2. The molecule has 0 saturated carbocycles. The molecule has 2 heterocycles. The molecular formula is C49H43BrClFN3O3+. The van der Waals surface area contributed by atoms with Crippen LogP contribution in [0.2, 0.25) is 5.02 Å². The number of nitrogens with zero attached hydrogens (tertiary/aromatic N) is 3. The van der Waals surface area contributed by atoms with Gasteiger partial charge in [-0.15, -0.1) is 0 Å². The van der Waals surface area contributed by atoms with Crippen molar-refractivity contribution in [3.05, 3.63) is 200 Å². The zero-order valence-corrected chi connectivity index (χ0v) is 34.4. The maximum Gasteiger partial charge on any atom is 0.309 e. The zero-order chi connectivity index (χ0) is 40.9. The molecule has 0 saturated heterocycles. The van der Waals surface area contributed by atoms with Crippen LogP contribution in [-0.2, 0) is 34.9 Å². The molecule has 0 aliphatic carbocycles. The van der Waals surface area contributed by atoms with Gasteiger partial charge in [0.15, 0.2) is 12.3 Å². The Balaban J connectivity index is 1.38. The predicted molar refractivity (Wildman–Crippen MR) is 232 cm³/mol. The summed E-state index contributed by atoms with van der Waals surface area (Å²) in [5.41, 5.74) is 7.22. The first-order chi connectivity index (χ1) is 28.1. The largest absolute Gasteiger partial charge is 0.481 e. The number of aliphatic hydroxyl groups is 1. The lowest BCUT2D eigenvalue weighted by Crippen LogP contribution is -2.36. The number of allylic oxidation sites excluding steroid dienone is 6. The number of para-hydroxylation sites is 1. The van der Waals surface area contributed by atoms with E-state index in [2.05, 4.69) is 51.2 Å². The summed E-state index contributed by atoms with van der Waals surface area (Å²) in [4.78, 5) is 14.0. The summed E-state index contributed by atoms with van der Waals surface area (Å²) >= 11 is 10.1. The Morgan fingerprint density at radius 3 is 2.22 bits per heavy atom. The van der Waals surface area contributed by atoms with Gasteiger partial charge in [-0.05, 0) is 97.0 Å². The van der Waals surface area contributed by atoms with Gasteiger partial charge in [0.05, 0.1) is 23.7 Å². The predicted octanol–water partition coefficient (Wildman–Crippen LogP) is 10.4. The number of carboxylic acids is 1. The number of carboxylic acid groups (broad SMARTS) is 1. The molecule has 0 spiro atoms. The van der Waals surface area contributed by atoms with Gasteiger partial charge in [-0.2, -0.15) is 9.84 Å². The number of β-amino-alcohol motifs (C(OH)–C–C–N with tert-alkyl or cyclic N) is 1. The minimum Gasteiger partial charge on any atom is -0.481 e. The number of halogens is 3. The van der Waals surface area contributed by atoms with Gasteiger partial charge >= 0.3 is 5.97 Å². The Bertz CT molecular complexity index is 2470. The molecule has 1 atom stereocenters. The zero-order valence-electron chi connectivity index (χ0n) is 32.1. The highest BCUT2D eigenvalue weighted by atomic mass is 79.9. The molecule has 0 amide bonds. The van der Waals surface area contributed by atoms with E-state index in [-0.39, 0.29) is 25.4 Å². The molecule has 1 unspecified atom stereocenters. The lowest BCUT2D eigenvalue weighted by atomic mass is 9.70. The summed E-state index contributed by atoms with van der Waals surface area (Å²) in [5.74, 6) is -1.27. The fourth-order valence-corrected chi connectivity index (χ4v) is 9.23. The molecule has 58 heavy (non-hydrogen) atoms. The van der Waals surface area contributed by atoms with E-state index in [1.165, 1.54) is 6.07 Å². The molecule has 292 valence electrons. The molecule has 5 aromatic carbocycles. The van der Waals surface area contributed by atoms with Gasteiger partial charge in [-0.1, -0.05) is 112 Å². The van der Waals surface area contributed by atoms with E-state index in [4.69, 9.17) is 11.6 Å². The fourth-order valence-electron chi connectivity index (χ4n) is 8.73. The molecule has 0 bridgehead atoms. The molecular weight excluding hydrogens is 813 g/mol. The van der Waals surface area contributed by atoms with Crippen LogP contribution in [0.3, 0.4) is 0 Å². The van der Waals surface area contributed by atoms with Crippen LogP contribution in [-0.4, -0.2) is 46.2 Å². The summed E-state index contributed by atoms with van der Waals surface area (Å²) in [5, 5.41) is 31.4. The Morgan fingerprint density at radius 2 is 1.59 bits per heavy atom. The third-order valence-electron chi connectivity index (χ3n) is 11.3. The topological polar surface area (TPSA) is 87.6 Å². The highest BCUT2D eigenvalue weighted by Crippen LogP contribution is 2.52. The number of hydrogen-bond acceptors (Lipinski definition) is 4. The Labute approximate surface area is 352 Å². The third kappa shape index (κ3) is 8.21. The molecule has 9 heteroatoms. The summed E-state index contributed by atoms with van der Waals surface area (Å²) in [6.45, 7) is 2.47. The van der Waals surface area contributed by atoms with Crippen molar-refractivity contribution in [3.63, 3.8) is 0 Å². The summed E-state index contributed by atoms with van der Waals surface area (Å²) in [6.07, 6.45) is 8.90. The van der Waals surface area contributed by atoms with Crippen molar-refractivity contribution in [2.45, 2.75) is 43.4 Å². The number of aliphatic hydroxyl groups excluding tert-OH is 1. The average molecular weight is 856 g/mol. The van der Waals surface area contributed by atoms with Crippen LogP contribution < -0.4 is 4.90 Å². The van der Waals surface area contributed by atoms with E-state index in [0.29, 0.717) is 46.4 Å². The van der Waals surface area contributed by atoms with Crippen molar-refractivity contribution in [2.75, 3.05) is 24.6 Å². The van der Waals surface area contributed by atoms with Crippen molar-refractivity contribution >= 4 is 50.6 Å². The fraction of sp³-hybridized carbons (Fsp3) is 0.204. The average Bonchev–Trinajstić information content (AvgIpc) is 3.59. The van der Waals surface area contributed by atoms with Gasteiger partial charge in [0, 0.05) is 50.5 Å². The first kappa shape index (κ1) is 40.6. The highest BCUT2D eigenvalue weighted by molar-refractivity contribution is 9.10. The van der Waals surface area contributed by atoms with Crippen LogP contribution in [0.25, 0.3) is 0 Å². The maximum absolute atomic E-state index is 15.5. The lowest BCUT2D eigenvalue weighted by molar-refractivity contribution is -0.436. The molecule has 0 fully saturated rings. The molecule has 0 aromatic heterocycles. The van der Waals surface area contributed by atoms with Crippen LogP contribution in [0.15, 0.2) is 161 Å². The number of carbonyl (C=O) groups is 1.